The summed E-state index contributed by atoms with van der Waals surface area (Å²) in [6, 6.07) is 6.05. The zero-order valence-corrected chi connectivity index (χ0v) is 19.3. The zero-order valence-electron chi connectivity index (χ0n) is 19.3. The van der Waals surface area contributed by atoms with Crippen LogP contribution in [0.15, 0.2) is 29.3 Å². The molecule has 1 aliphatic heterocycles. The topological polar surface area (TPSA) is 80.0 Å². The molecule has 2 aromatic rings. The monoisotopic (exact) mass is 447 g/mol. The van der Waals surface area contributed by atoms with Gasteiger partial charge in [-0.2, -0.15) is 0 Å². The number of benzene rings is 1. The van der Waals surface area contributed by atoms with Gasteiger partial charge in [-0.05, 0) is 44.2 Å². The van der Waals surface area contributed by atoms with Crippen molar-refractivity contribution in [1.29, 1.82) is 0 Å². The van der Waals surface area contributed by atoms with Crippen LogP contribution in [0.2, 0.25) is 0 Å². The maximum absolute atomic E-state index is 13.1. The second-order valence-corrected chi connectivity index (χ2v) is 7.82. The molecule has 1 N–H and O–H groups in total. The first kappa shape index (κ1) is 23.9. The first-order valence-electron chi connectivity index (χ1n) is 11.1. The van der Waals surface area contributed by atoms with Crippen molar-refractivity contribution in [2.75, 3.05) is 59.6 Å². The second-order valence-electron chi connectivity index (χ2n) is 7.82. The molecule has 32 heavy (non-hydrogen) atoms. The van der Waals surface area contributed by atoms with Crippen LogP contribution in [0.4, 0.5) is 4.39 Å². The first-order chi connectivity index (χ1) is 15.5. The number of guanidine groups is 1. The highest BCUT2D eigenvalue weighted by Gasteiger charge is 2.12. The number of aromatic nitrogens is 3. The van der Waals surface area contributed by atoms with Crippen LogP contribution >= 0.6 is 0 Å². The fourth-order valence-corrected chi connectivity index (χ4v) is 3.31. The third-order valence-corrected chi connectivity index (χ3v) is 5.46. The normalized spacial score (nSPS) is 15.1. The number of aliphatic imine (C=N–C) groups is 1. The van der Waals surface area contributed by atoms with Crippen LogP contribution in [0.3, 0.4) is 0 Å². The van der Waals surface area contributed by atoms with Crippen molar-refractivity contribution in [2.45, 2.75) is 19.9 Å². The van der Waals surface area contributed by atoms with E-state index in [1.54, 1.807) is 12.1 Å². The Morgan fingerprint density at radius 1 is 1.25 bits per heavy atom. The van der Waals surface area contributed by atoms with Crippen LogP contribution in [0.1, 0.15) is 18.1 Å². The Bertz CT molecular complexity index is 850. The minimum Gasteiger partial charge on any atom is -0.492 e. The Morgan fingerprint density at radius 2 is 2.00 bits per heavy atom. The van der Waals surface area contributed by atoms with Gasteiger partial charge in [0.15, 0.2) is 11.8 Å². The molecule has 1 aromatic carbocycles. The number of aryl methyl sites for hydroxylation is 1. The van der Waals surface area contributed by atoms with Gasteiger partial charge in [0.2, 0.25) is 0 Å². The molecule has 3 rings (SSSR count). The van der Waals surface area contributed by atoms with Gasteiger partial charge in [0, 0.05) is 33.7 Å². The number of hydrogen-bond donors (Lipinski definition) is 1. The smallest absolute Gasteiger partial charge is 0.194 e. The number of ether oxygens (including phenoxy) is 2. The molecule has 0 unspecified atom stereocenters. The van der Waals surface area contributed by atoms with Gasteiger partial charge in [0.25, 0.3) is 0 Å². The lowest BCUT2D eigenvalue weighted by molar-refractivity contribution is 0.0375. The van der Waals surface area contributed by atoms with Crippen LogP contribution < -0.4 is 10.1 Å². The molecule has 0 bridgehead atoms. The van der Waals surface area contributed by atoms with Gasteiger partial charge in [-0.15, -0.1) is 10.2 Å². The highest BCUT2D eigenvalue weighted by Crippen LogP contribution is 2.11. The SMILES string of the molecule is Cc1nnc(CN=C(NCCCN2CCOCC2)N(C)CCOc2ccc(F)cc2)n1C. The molecule has 0 amide bonds. The van der Waals surface area contributed by atoms with Gasteiger partial charge in [-0.1, -0.05) is 0 Å². The molecule has 1 fully saturated rings. The molecule has 1 saturated heterocycles. The average Bonchev–Trinajstić information content (AvgIpc) is 3.12. The van der Waals surface area contributed by atoms with E-state index in [1.807, 2.05) is 30.5 Å². The summed E-state index contributed by atoms with van der Waals surface area (Å²) < 4.78 is 26.1. The molecule has 1 aromatic heterocycles. The van der Waals surface area contributed by atoms with Gasteiger partial charge >= 0.3 is 0 Å². The Balaban J connectivity index is 1.52. The van der Waals surface area contributed by atoms with E-state index in [0.29, 0.717) is 25.4 Å². The number of morpholine rings is 1. The van der Waals surface area contributed by atoms with E-state index in [-0.39, 0.29) is 5.82 Å². The van der Waals surface area contributed by atoms with Crippen molar-refractivity contribution < 1.29 is 13.9 Å². The standard InChI is InChI=1S/C22H34FN7O2/c1-18-26-27-21(29(18)3)17-25-22(24-9-4-10-30-12-14-31-15-13-30)28(2)11-16-32-20-7-5-19(23)6-8-20/h5-8H,4,9-17H2,1-3H3,(H,24,25). The predicted octanol–water partition coefficient (Wildman–Crippen LogP) is 1.44. The van der Waals surface area contributed by atoms with Gasteiger partial charge in [0.05, 0.1) is 19.8 Å². The minimum atomic E-state index is -0.274. The quantitative estimate of drug-likeness (QED) is 0.335. The summed E-state index contributed by atoms with van der Waals surface area (Å²) >= 11 is 0. The largest absolute Gasteiger partial charge is 0.492 e. The number of nitrogens with zero attached hydrogens (tertiary/aromatic N) is 6. The summed E-state index contributed by atoms with van der Waals surface area (Å²) in [6.45, 7) is 8.91. The summed E-state index contributed by atoms with van der Waals surface area (Å²) in [5, 5.41) is 11.8. The summed E-state index contributed by atoms with van der Waals surface area (Å²) in [5.41, 5.74) is 0. The maximum atomic E-state index is 13.1. The molecule has 176 valence electrons. The van der Waals surface area contributed by atoms with Gasteiger partial charge in [-0.3, -0.25) is 4.90 Å². The third kappa shape index (κ3) is 7.45. The van der Waals surface area contributed by atoms with Crippen LogP contribution in [0.25, 0.3) is 0 Å². The van der Waals surface area contributed by atoms with E-state index in [4.69, 9.17) is 14.5 Å². The van der Waals surface area contributed by atoms with E-state index in [1.165, 1.54) is 12.1 Å². The van der Waals surface area contributed by atoms with Gasteiger partial charge in [-0.25, -0.2) is 9.38 Å². The molecular weight excluding hydrogens is 413 g/mol. The Hall–Kier alpha value is -2.72. The summed E-state index contributed by atoms with van der Waals surface area (Å²) in [5.74, 6) is 2.83. The van der Waals surface area contributed by atoms with Crippen molar-refractivity contribution in [3.8, 4) is 5.75 Å². The lowest BCUT2D eigenvalue weighted by Gasteiger charge is -2.27. The highest BCUT2D eigenvalue weighted by atomic mass is 19.1. The fraction of sp³-hybridized carbons (Fsp3) is 0.591. The Kier molecular flexibility index (Phi) is 9.24. The predicted molar refractivity (Wildman–Crippen MR) is 121 cm³/mol. The maximum Gasteiger partial charge on any atom is 0.194 e. The molecule has 0 saturated carbocycles. The minimum absolute atomic E-state index is 0.274. The lowest BCUT2D eigenvalue weighted by atomic mass is 10.3. The molecule has 0 radical (unpaired) electrons. The summed E-state index contributed by atoms with van der Waals surface area (Å²) in [4.78, 5) is 9.21. The Labute approximate surface area is 189 Å². The molecular formula is C22H34FN7O2. The average molecular weight is 448 g/mol. The number of nitrogens with one attached hydrogen (secondary N) is 1. The zero-order chi connectivity index (χ0) is 22.8. The van der Waals surface area contributed by atoms with Crippen LogP contribution in [-0.4, -0.2) is 90.1 Å². The van der Waals surface area contributed by atoms with E-state index < -0.39 is 0 Å². The molecule has 9 nitrogen and oxygen atoms in total. The highest BCUT2D eigenvalue weighted by molar-refractivity contribution is 5.79. The van der Waals surface area contributed by atoms with Crippen LogP contribution in [0, 0.1) is 12.7 Å². The number of likely N-dealkylation sites (N-methyl/N-ethyl adjacent to an activating group) is 1. The fourth-order valence-electron chi connectivity index (χ4n) is 3.31. The van der Waals surface area contributed by atoms with E-state index in [0.717, 1.165) is 63.4 Å². The molecule has 10 heteroatoms. The second kappa shape index (κ2) is 12.4. The molecule has 1 aliphatic rings. The Morgan fingerprint density at radius 3 is 2.69 bits per heavy atom. The summed E-state index contributed by atoms with van der Waals surface area (Å²) in [7, 11) is 3.92. The van der Waals surface area contributed by atoms with Crippen molar-refractivity contribution >= 4 is 5.96 Å². The molecule has 0 spiro atoms. The van der Waals surface area contributed by atoms with Crippen molar-refractivity contribution in [1.82, 2.24) is 29.9 Å². The molecule has 0 aliphatic carbocycles. The summed E-state index contributed by atoms with van der Waals surface area (Å²) in [6.07, 6.45) is 1.02. The first-order valence-corrected chi connectivity index (χ1v) is 11.1. The van der Waals surface area contributed by atoms with Crippen molar-refractivity contribution in [3.05, 3.63) is 41.7 Å². The third-order valence-electron chi connectivity index (χ3n) is 5.46. The van der Waals surface area contributed by atoms with E-state index >= 15 is 0 Å². The van der Waals surface area contributed by atoms with E-state index in [9.17, 15) is 4.39 Å². The number of rotatable bonds is 10. The van der Waals surface area contributed by atoms with Crippen molar-refractivity contribution in [2.24, 2.45) is 12.0 Å². The molecule has 0 atom stereocenters. The molecule has 2 heterocycles. The van der Waals surface area contributed by atoms with Crippen LogP contribution in [0.5, 0.6) is 5.75 Å². The van der Waals surface area contributed by atoms with Crippen LogP contribution in [-0.2, 0) is 18.3 Å². The number of halogens is 1. The van der Waals surface area contributed by atoms with Gasteiger partial charge in [0.1, 0.15) is 30.5 Å². The van der Waals surface area contributed by atoms with Gasteiger partial charge < -0.3 is 24.3 Å². The van der Waals surface area contributed by atoms with Crippen molar-refractivity contribution in [3.63, 3.8) is 0 Å². The number of hydrogen-bond acceptors (Lipinski definition) is 6. The lowest BCUT2D eigenvalue weighted by Crippen LogP contribution is -2.42. The van der Waals surface area contributed by atoms with E-state index in [2.05, 4.69) is 20.4 Å².